The number of rotatable bonds is 6. The van der Waals surface area contributed by atoms with Crippen molar-refractivity contribution in [2.75, 3.05) is 27.3 Å². The molecule has 1 aliphatic heterocycles. The normalized spacial score (nSPS) is 21.5. The Balaban J connectivity index is 1.74. The highest BCUT2D eigenvalue weighted by Gasteiger charge is 2.26. The van der Waals surface area contributed by atoms with Crippen LogP contribution >= 0.6 is 23.3 Å². The van der Waals surface area contributed by atoms with E-state index in [1.807, 2.05) is 0 Å². The van der Waals surface area contributed by atoms with Crippen LogP contribution in [0.1, 0.15) is 19.8 Å². The standard InChI is InChI=1S/C12H19N3O4S2/c1-4-5-9-17-6-8(19-9)7-18-11-13-10(14-21-11)20-12(16)15(2)3/h8-9H,4-7H2,1-3H3. The van der Waals surface area contributed by atoms with Gasteiger partial charge in [-0.1, -0.05) is 13.3 Å². The van der Waals surface area contributed by atoms with Crippen molar-refractivity contribution >= 4 is 28.5 Å². The van der Waals surface area contributed by atoms with Crippen molar-refractivity contribution in [3.8, 4) is 5.19 Å². The first-order valence-electron chi connectivity index (χ1n) is 6.71. The summed E-state index contributed by atoms with van der Waals surface area (Å²) < 4.78 is 20.8. The predicted octanol–water partition coefficient (Wildman–Crippen LogP) is 2.23. The van der Waals surface area contributed by atoms with Crippen LogP contribution in [0.25, 0.3) is 0 Å². The lowest BCUT2D eigenvalue weighted by molar-refractivity contribution is -0.0676. The van der Waals surface area contributed by atoms with Crippen molar-refractivity contribution in [1.82, 2.24) is 14.3 Å². The molecule has 2 atom stereocenters. The van der Waals surface area contributed by atoms with Crippen LogP contribution in [0.15, 0.2) is 5.16 Å². The smallest absolute Gasteiger partial charge is 0.294 e. The molecule has 1 aromatic heterocycles. The summed E-state index contributed by atoms with van der Waals surface area (Å²) in [5.74, 6) is 0. The summed E-state index contributed by atoms with van der Waals surface area (Å²) in [6, 6.07) is 0. The maximum atomic E-state index is 11.5. The van der Waals surface area contributed by atoms with Crippen molar-refractivity contribution in [3.63, 3.8) is 0 Å². The van der Waals surface area contributed by atoms with Gasteiger partial charge in [-0.15, -0.1) is 0 Å². The quantitative estimate of drug-likeness (QED) is 0.739. The second kappa shape index (κ2) is 7.92. The van der Waals surface area contributed by atoms with Crippen LogP contribution in [0.3, 0.4) is 0 Å². The van der Waals surface area contributed by atoms with Crippen LogP contribution in [0.2, 0.25) is 0 Å². The van der Waals surface area contributed by atoms with Crippen LogP contribution in [0.5, 0.6) is 5.19 Å². The molecule has 0 aromatic carbocycles. The summed E-state index contributed by atoms with van der Waals surface area (Å²) in [5, 5.41) is 0.724. The molecule has 0 saturated carbocycles. The van der Waals surface area contributed by atoms with E-state index in [2.05, 4.69) is 16.3 Å². The summed E-state index contributed by atoms with van der Waals surface area (Å²) in [4.78, 5) is 17.2. The van der Waals surface area contributed by atoms with Crippen molar-refractivity contribution in [2.24, 2.45) is 0 Å². The lowest BCUT2D eigenvalue weighted by Gasteiger charge is -2.10. The van der Waals surface area contributed by atoms with Gasteiger partial charge in [0, 0.05) is 37.4 Å². The molecule has 9 heteroatoms. The molecule has 2 rings (SSSR count). The van der Waals surface area contributed by atoms with Gasteiger partial charge in [-0.2, -0.15) is 9.36 Å². The first kappa shape index (κ1) is 16.5. The molecule has 21 heavy (non-hydrogen) atoms. The highest BCUT2D eigenvalue weighted by Crippen LogP contribution is 2.24. The number of hydrogen-bond donors (Lipinski definition) is 0. The highest BCUT2D eigenvalue weighted by atomic mass is 32.2. The molecule has 1 fully saturated rings. The molecular formula is C12H19N3O4S2. The van der Waals surface area contributed by atoms with Crippen molar-refractivity contribution in [2.45, 2.75) is 37.3 Å². The minimum absolute atomic E-state index is 0.0787. The number of amides is 1. The number of thioether (sulfide) groups is 1. The van der Waals surface area contributed by atoms with Crippen molar-refractivity contribution in [3.05, 3.63) is 0 Å². The maximum Gasteiger partial charge on any atom is 0.294 e. The molecule has 0 radical (unpaired) electrons. The highest BCUT2D eigenvalue weighted by molar-refractivity contribution is 8.13. The Labute approximate surface area is 132 Å². The van der Waals surface area contributed by atoms with Gasteiger partial charge in [0.15, 0.2) is 6.29 Å². The van der Waals surface area contributed by atoms with Crippen molar-refractivity contribution < 1.29 is 19.0 Å². The van der Waals surface area contributed by atoms with Crippen LogP contribution in [-0.2, 0) is 9.47 Å². The zero-order chi connectivity index (χ0) is 15.2. The second-order valence-electron chi connectivity index (χ2n) is 4.73. The van der Waals surface area contributed by atoms with Gasteiger partial charge in [-0.3, -0.25) is 4.79 Å². The summed E-state index contributed by atoms with van der Waals surface area (Å²) >= 11 is 2.10. The SMILES string of the molecule is CCCC1OCC(COc2nc(SC(=O)N(C)C)ns2)O1. The molecule has 0 spiro atoms. The zero-order valence-electron chi connectivity index (χ0n) is 12.3. The Kier molecular flexibility index (Phi) is 6.22. The van der Waals surface area contributed by atoms with E-state index >= 15 is 0 Å². The molecule has 7 nitrogen and oxygen atoms in total. The first-order valence-corrected chi connectivity index (χ1v) is 8.30. The van der Waals surface area contributed by atoms with Gasteiger partial charge in [0.05, 0.1) is 6.61 Å². The number of aromatic nitrogens is 2. The van der Waals surface area contributed by atoms with Crippen molar-refractivity contribution in [1.29, 1.82) is 0 Å². The molecule has 0 aliphatic carbocycles. The van der Waals surface area contributed by atoms with Crippen LogP contribution in [0.4, 0.5) is 4.79 Å². The molecule has 0 bridgehead atoms. The van der Waals surface area contributed by atoms with Crippen LogP contribution in [0, 0.1) is 0 Å². The van der Waals surface area contributed by atoms with E-state index in [1.165, 1.54) is 4.90 Å². The number of carbonyl (C=O) groups excluding carboxylic acids is 1. The maximum absolute atomic E-state index is 11.5. The lowest BCUT2D eigenvalue weighted by atomic mass is 10.3. The van der Waals surface area contributed by atoms with Gasteiger partial charge < -0.3 is 19.1 Å². The Bertz CT molecular complexity index is 469. The average molecular weight is 333 g/mol. The summed E-state index contributed by atoms with van der Waals surface area (Å²) in [7, 11) is 3.37. The third-order valence-corrected chi connectivity index (χ3v) is 4.31. The predicted molar refractivity (Wildman–Crippen MR) is 79.9 cm³/mol. The first-order chi connectivity index (χ1) is 10.1. The molecule has 2 unspecified atom stereocenters. The van der Waals surface area contributed by atoms with E-state index in [4.69, 9.17) is 14.2 Å². The Hall–Kier alpha value is -0.900. The molecule has 2 heterocycles. The van der Waals surface area contributed by atoms with Crippen LogP contribution in [-0.4, -0.2) is 59.2 Å². The minimum Gasteiger partial charge on any atom is -0.466 e. The molecule has 1 saturated heterocycles. The van der Waals surface area contributed by atoms with E-state index in [1.54, 1.807) is 14.1 Å². The minimum atomic E-state index is -0.123. The Morgan fingerprint density at radius 1 is 1.57 bits per heavy atom. The zero-order valence-corrected chi connectivity index (χ0v) is 13.9. The van der Waals surface area contributed by atoms with Gasteiger partial charge in [0.25, 0.3) is 10.4 Å². The van der Waals surface area contributed by atoms with Gasteiger partial charge in [0.1, 0.15) is 12.7 Å². The molecule has 1 aromatic rings. The van der Waals surface area contributed by atoms with E-state index in [0.717, 1.165) is 36.1 Å². The topological polar surface area (TPSA) is 73.8 Å². The number of hydrogen-bond acceptors (Lipinski definition) is 8. The van der Waals surface area contributed by atoms with Gasteiger partial charge in [-0.25, -0.2) is 0 Å². The Morgan fingerprint density at radius 3 is 3.10 bits per heavy atom. The summed E-state index contributed by atoms with van der Waals surface area (Å²) in [6.07, 6.45) is 1.71. The second-order valence-corrected chi connectivity index (χ2v) is 6.36. The number of nitrogens with zero attached hydrogens (tertiary/aromatic N) is 3. The van der Waals surface area contributed by atoms with Crippen LogP contribution < -0.4 is 4.74 Å². The molecule has 1 amide bonds. The lowest BCUT2D eigenvalue weighted by Crippen LogP contribution is -2.20. The number of ether oxygens (including phenoxy) is 3. The average Bonchev–Trinajstić information content (AvgIpc) is 3.06. The molecule has 118 valence electrons. The van der Waals surface area contributed by atoms with E-state index in [-0.39, 0.29) is 17.6 Å². The van der Waals surface area contributed by atoms with Gasteiger partial charge in [0.2, 0.25) is 5.16 Å². The fourth-order valence-electron chi connectivity index (χ4n) is 1.61. The van der Waals surface area contributed by atoms with Gasteiger partial charge >= 0.3 is 0 Å². The summed E-state index contributed by atoms with van der Waals surface area (Å²) in [6.45, 7) is 3.00. The fraction of sp³-hybridized carbons (Fsp3) is 0.750. The van der Waals surface area contributed by atoms with E-state index in [9.17, 15) is 4.79 Å². The Morgan fingerprint density at radius 2 is 2.38 bits per heavy atom. The largest absolute Gasteiger partial charge is 0.466 e. The fourth-order valence-corrected chi connectivity index (χ4v) is 2.84. The molecular weight excluding hydrogens is 314 g/mol. The molecule has 1 aliphatic rings. The third-order valence-electron chi connectivity index (χ3n) is 2.66. The summed E-state index contributed by atoms with van der Waals surface area (Å²) in [5.41, 5.74) is 0. The third kappa shape index (κ3) is 5.10. The van der Waals surface area contributed by atoms with E-state index < -0.39 is 0 Å². The number of carbonyl (C=O) groups is 1. The molecule has 0 N–H and O–H groups in total. The monoisotopic (exact) mass is 333 g/mol. The van der Waals surface area contributed by atoms with Gasteiger partial charge in [-0.05, 0) is 6.42 Å². The van der Waals surface area contributed by atoms with E-state index in [0.29, 0.717) is 23.6 Å².